The van der Waals surface area contributed by atoms with E-state index in [1.165, 1.54) is 0 Å². The van der Waals surface area contributed by atoms with Gasteiger partial charge < -0.3 is 0 Å². The van der Waals surface area contributed by atoms with E-state index in [9.17, 15) is 9.00 Å². The van der Waals surface area contributed by atoms with E-state index in [1.54, 1.807) is 18.2 Å². The second kappa shape index (κ2) is 4.45. The Morgan fingerprint density at radius 1 is 1.27 bits per heavy atom. The van der Waals surface area contributed by atoms with Crippen LogP contribution in [0.25, 0.3) is 0 Å². The summed E-state index contributed by atoms with van der Waals surface area (Å²) in [6.45, 7) is 5.64. The molecule has 0 spiro atoms. The van der Waals surface area contributed by atoms with Crippen molar-refractivity contribution >= 4 is 28.7 Å². The normalized spacial score (nSPS) is 13.6. The second-order valence-electron chi connectivity index (χ2n) is 4.22. The quantitative estimate of drug-likeness (QED) is 0.750. The number of carbonyl (C=O) groups excluding carboxylic acids is 1. The van der Waals surface area contributed by atoms with Crippen LogP contribution in [0.15, 0.2) is 23.1 Å². The summed E-state index contributed by atoms with van der Waals surface area (Å²) < 4.78 is 11.7. The first-order valence-corrected chi connectivity index (χ1v) is 6.05. The zero-order valence-electron chi connectivity index (χ0n) is 8.91. The zero-order valence-corrected chi connectivity index (χ0v) is 10.5. The number of rotatable bonds is 2. The van der Waals surface area contributed by atoms with Gasteiger partial charge in [0.25, 0.3) is 0 Å². The first-order chi connectivity index (χ1) is 6.84. The Bertz CT molecular complexity index is 408. The van der Waals surface area contributed by atoms with Gasteiger partial charge in [0.1, 0.15) is 6.29 Å². The molecule has 0 aliphatic heterocycles. The van der Waals surface area contributed by atoms with Crippen molar-refractivity contribution in [2.45, 2.75) is 30.4 Å². The maximum Gasteiger partial charge on any atom is 0.150 e. The van der Waals surface area contributed by atoms with Crippen LogP contribution in [-0.2, 0) is 10.8 Å². The van der Waals surface area contributed by atoms with Gasteiger partial charge >= 0.3 is 0 Å². The summed E-state index contributed by atoms with van der Waals surface area (Å²) in [5.41, 5.74) is 0.454. The molecule has 1 aromatic rings. The summed E-state index contributed by atoms with van der Waals surface area (Å²) in [5, 5.41) is 0.437. The molecule has 0 bridgehead atoms. The van der Waals surface area contributed by atoms with Crippen LogP contribution in [0.3, 0.4) is 0 Å². The summed E-state index contributed by atoms with van der Waals surface area (Å²) >= 11 is 5.83. The fourth-order valence-corrected chi connectivity index (χ4v) is 2.61. The van der Waals surface area contributed by atoms with E-state index in [-0.39, 0.29) is 4.75 Å². The molecule has 0 aliphatic carbocycles. The molecule has 82 valence electrons. The molecule has 0 fully saturated rings. The van der Waals surface area contributed by atoms with Crippen LogP contribution in [0, 0.1) is 0 Å². The molecule has 0 radical (unpaired) electrons. The van der Waals surface area contributed by atoms with Crippen molar-refractivity contribution in [2.75, 3.05) is 0 Å². The molecule has 1 rings (SSSR count). The van der Waals surface area contributed by atoms with Gasteiger partial charge in [0.05, 0.1) is 10.8 Å². The lowest BCUT2D eigenvalue weighted by Gasteiger charge is -2.18. The van der Waals surface area contributed by atoms with Gasteiger partial charge in [-0.3, -0.25) is 9.00 Å². The largest absolute Gasteiger partial charge is 0.298 e. The smallest absolute Gasteiger partial charge is 0.150 e. The standard InChI is InChI=1S/C11H13ClO2S/c1-11(2,3)15(14)10-5-8(7-13)4-9(12)6-10/h4-7H,1-3H3. The van der Waals surface area contributed by atoms with E-state index in [4.69, 9.17) is 11.6 Å². The van der Waals surface area contributed by atoms with Gasteiger partial charge in [-0.05, 0) is 39.0 Å². The number of halogens is 1. The number of hydrogen-bond donors (Lipinski definition) is 0. The molecule has 0 aliphatic rings. The number of benzene rings is 1. The topological polar surface area (TPSA) is 34.1 Å². The fourth-order valence-electron chi connectivity index (χ4n) is 1.11. The van der Waals surface area contributed by atoms with Crippen LogP contribution >= 0.6 is 11.6 Å². The van der Waals surface area contributed by atoms with Crippen LogP contribution in [0.5, 0.6) is 0 Å². The maximum atomic E-state index is 12.0. The lowest BCUT2D eigenvalue weighted by atomic mass is 10.2. The van der Waals surface area contributed by atoms with E-state index < -0.39 is 10.8 Å². The molecule has 0 amide bonds. The Labute approximate surface area is 97.1 Å². The minimum Gasteiger partial charge on any atom is -0.298 e. The van der Waals surface area contributed by atoms with Crippen molar-refractivity contribution in [3.05, 3.63) is 28.8 Å². The van der Waals surface area contributed by atoms with Gasteiger partial charge in [-0.25, -0.2) is 0 Å². The average molecular weight is 245 g/mol. The molecule has 1 atom stereocenters. The van der Waals surface area contributed by atoms with Gasteiger partial charge in [0.15, 0.2) is 0 Å². The van der Waals surface area contributed by atoms with Gasteiger partial charge in [0, 0.05) is 20.2 Å². The predicted octanol–water partition coefficient (Wildman–Crippen LogP) is 3.06. The molecule has 0 aromatic heterocycles. The van der Waals surface area contributed by atoms with Crippen molar-refractivity contribution in [2.24, 2.45) is 0 Å². The Morgan fingerprint density at radius 3 is 2.33 bits per heavy atom. The molecule has 0 N–H and O–H groups in total. The molecule has 4 heteroatoms. The molecular weight excluding hydrogens is 232 g/mol. The van der Waals surface area contributed by atoms with E-state index in [0.717, 1.165) is 0 Å². The molecule has 0 saturated heterocycles. The summed E-state index contributed by atoms with van der Waals surface area (Å²) in [5.74, 6) is 0. The third-order valence-electron chi connectivity index (χ3n) is 1.80. The van der Waals surface area contributed by atoms with E-state index in [0.29, 0.717) is 21.8 Å². The highest BCUT2D eigenvalue weighted by Crippen LogP contribution is 2.24. The Balaban J connectivity index is 3.21. The second-order valence-corrected chi connectivity index (χ2v) is 6.89. The summed E-state index contributed by atoms with van der Waals surface area (Å²) in [6.07, 6.45) is 0.704. The molecule has 2 nitrogen and oxygen atoms in total. The highest BCUT2D eigenvalue weighted by molar-refractivity contribution is 7.86. The SMILES string of the molecule is CC(C)(C)S(=O)c1cc(Cl)cc(C=O)c1. The van der Waals surface area contributed by atoms with E-state index in [1.807, 2.05) is 20.8 Å². The third kappa shape index (κ3) is 3.14. The molecular formula is C11H13ClO2S. The summed E-state index contributed by atoms with van der Waals surface area (Å²) in [7, 11) is -1.17. The van der Waals surface area contributed by atoms with Crippen LogP contribution in [0.1, 0.15) is 31.1 Å². The molecule has 15 heavy (non-hydrogen) atoms. The highest BCUT2D eigenvalue weighted by atomic mass is 35.5. The first kappa shape index (κ1) is 12.4. The minimum absolute atomic E-state index is 0.356. The highest BCUT2D eigenvalue weighted by Gasteiger charge is 2.21. The van der Waals surface area contributed by atoms with Crippen LogP contribution in [0.4, 0.5) is 0 Å². The van der Waals surface area contributed by atoms with Crippen LogP contribution in [0.2, 0.25) is 5.02 Å². The first-order valence-electron chi connectivity index (χ1n) is 4.52. The minimum atomic E-state index is -1.17. The fraction of sp³-hybridized carbons (Fsp3) is 0.364. The number of aldehydes is 1. The zero-order chi connectivity index (χ0) is 11.6. The number of carbonyl (C=O) groups is 1. The summed E-state index contributed by atoms with van der Waals surface area (Å²) in [4.78, 5) is 11.2. The number of hydrogen-bond acceptors (Lipinski definition) is 2. The Kier molecular flexibility index (Phi) is 3.68. The molecule has 0 saturated carbocycles. The van der Waals surface area contributed by atoms with Gasteiger partial charge in [-0.2, -0.15) is 0 Å². The van der Waals surface area contributed by atoms with E-state index >= 15 is 0 Å². The maximum absolute atomic E-state index is 12.0. The lowest BCUT2D eigenvalue weighted by Crippen LogP contribution is -2.21. The molecule has 0 heterocycles. The van der Waals surface area contributed by atoms with E-state index in [2.05, 4.69) is 0 Å². The third-order valence-corrected chi connectivity index (χ3v) is 3.79. The van der Waals surface area contributed by atoms with Gasteiger partial charge in [-0.1, -0.05) is 11.6 Å². The van der Waals surface area contributed by atoms with Crippen molar-refractivity contribution in [1.29, 1.82) is 0 Å². The van der Waals surface area contributed by atoms with Gasteiger partial charge in [-0.15, -0.1) is 0 Å². The molecule has 1 aromatic carbocycles. The molecule has 1 unspecified atom stereocenters. The van der Waals surface area contributed by atoms with Crippen LogP contribution < -0.4 is 0 Å². The van der Waals surface area contributed by atoms with Crippen molar-refractivity contribution in [3.63, 3.8) is 0 Å². The van der Waals surface area contributed by atoms with Gasteiger partial charge in [0.2, 0.25) is 0 Å². The Hall–Kier alpha value is -0.670. The lowest BCUT2D eigenvalue weighted by molar-refractivity contribution is 0.112. The van der Waals surface area contributed by atoms with Crippen molar-refractivity contribution in [3.8, 4) is 0 Å². The average Bonchev–Trinajstić information content (AvgIpc) is 2.14. The van der Waals surface area contributed by atoms with Crippen molar-refractivity contribution in [1.82, 2.24) is 0 Å². The van der Waals surface area contributed by atoms with Crippen LogP contribution in [-0.4, -0.2) is 15.2 Å². The Morgan fingerprint density at radius 2 is 1.87 bits per heavy atom. The monoisotopic (exact) mass is 244 g/mol. The van der Waals surface area contributed by atoms with Crippen molar-refractivity contribution < 1.29 is 9.00 Å². The summed E-state index contributed by atoms with van der Waals surface area (Å²) in [6, 6.07) is 4.80. The predicted molar refractivity (Wildman–Crippen MR) is 63.0 cm³/mol.